The van der Waals surface area contributed by atoms with Gasteiger partial charge in [0.2, 0.25) is 0 Å². The summed E-state index contributed by atoms with van der Waals surface area (Å²) < 4.78 is 0. The minimum Gasteiger partial charge on any atom is -0.359 e. The molecule has 0 radical (unpaired) electrons. The smallest absolute Gasteiger partial charge is 0.182 e. The molecule has 0 saturated heterocycles. The van der Waals surface area contributed by atoms with Crippen molar-refractivity contribution in [2.75, 3.05) is 26.0 Å². The van der Waals surface area contributed by atoms with Crippen LogP contribution in [-0.4, -0.2) is 36.6 Å². The Bertz CT molecular complexity index is 221. The van der Waals surface area contributed by atoms with Gasteiger partial charge in [0.05, 0.1) is 0 Å². The van der Waals surface area contributed by atoms with Crippen molar-refractivity contribution in [1.82, 2.24) is 9.88 Å². The van der Waals surface area contributed by atoms with E-state index in [2.05, 4.69) is 36.2 Å². The van der Waals surface area contributed by atoms with Crippen LogP contribution in [0.15, 0.2) is 11.6 Å². The monoisotopic (exact) mass is 199 g/mol. The first-order valence-electron chi connectivity index (χ1n) is 4.49. The third-order valence-corrected chi connectivity index (χ3v) is 2.52. The average molecular weight is 199 g/mol. The van der Waals surface area contributed by atoms with E-state index in [1.54, 1.807) is 11.3 Å². The van der Waals surface area contributed by atoms with Crippen LogP contribution in [0.3, 0.4) is 0 Å². The fourth-order valence-corrected chi connectivity index (χ4v) is 1.67. The molecule has 1 unspecified atom stereocenters. The number of hydrogen-bond acceptors (Lipinski definition) is 4. The fourth-order valence-electron chi connectivity index (χ4n) is 1.03. The van der Waals surface area contributed by atoms with E-state index in [0.29, 0.717) is 6.04 Å². The summed E-state index contributed by atoms with van der Waals surface area (Å²) in [6, 6.07) is 0.494. The third kappa shape index (κ3) is 4.24. The summed E-state index contributed by atoms with van der Waals surface area (Å²) in [7, 11) is 4.19. The molecule has 1 aromatic heterocycles. The zero-order valence-electron chi connectivity index (χ0n) is 8.45. The molecule has 4 heteroatoms. The van der Waals surface area contributed by atoms with Gasteiger partial charge in [-0.05, 0) is 34.0 Å². The highest BCUT2D eigenvalue weighted by Gasteiger charge is 2.03. The Morgan fingerprint density at radius 2 is 2.38 bits per heavy atom. The summed E-state index contributed by atoms with van der Waals surface area (Å²) in [6.45, 7) is 3.30. The highest BCUT2D eigenvalue weighted by Crippen LogP contribution is 2.12. The predicted octanol–water partition coefficient (Wildman–Crippen LogP) is 1.90. The third-order valence-electron chi connectivity index (χ3n) is 1.81. The van der Waals surface area contributed by atoms with Crippen LogP contribution < -0.4 is 5.32 Å². The van der Waals surface area contributed by atoms with Crippen LogP contribution in [0.5, 0.6) is 0 Å². The van der Waals surface area contributed by atoms with E-state index in [1.165, 1.54) is 0 Å². The van der Waals surface area contributed by atoms with E-state index in [1.807, 2.05) is 11.6 Å². The molecule has 0 aliphatic rings. The standard InChI is InChI=1S/C9H17N3S/c1-8(4-6-12(2)3)11-9-10-5-7-13-9/h5,7-8H,4,6H2,1-3H3,(H,10,11). The van der Waals surface area contributed by atoms with E-state index < -0.39 is 0 Å². The number of aromatic nitrogens is 1. The molecule has 0 saturated carbocycles. The van der Waals surface area contributed by atoms with Gasteiger partial charge in [0, 0.05) is 17.6 Å². The zero-order valence-corrected chi connectivity index (χ0v) is 9.27. The van der Waals surface area contributed by atoms with Crippen LogP contribution >= 0.6 is 11.3 Å². The normalized spacial score (nSPS) is 13.2. The molecule has 1 heterocycles. The molecular formula is C9H17N3S. The maximum absolute atomic E-state index is 4.18. The van der Waals surface area contributed by atoms with Gasteiger partial charge in [0.15, 0.2) is 5.13 Å². The molecule has 0 aliphatic carbocycles. The lowest BCUT2D eigenvalue weighted by Gasteiger charge is -2.15. The molecule has 13 heavy (non-hydrogen) atoms. The lowest BCUT2D eigenvalue weighted by molar-refractivity contribution is 0.390. The summed E-state index contributed by atoms with van der Waals surface area (Å²) in [4.78, 5) is 6.37. The molecule has 0 bridgehead atoms. The Morgan fingerprint density at radius 1 is 1.62 bits per heavy atom. The van der Waals surface area contributed by atoms with E-state index in [9.17, 15) is 0 Å². The average Bonchev–Trinajstić information content (AvgIpc) is 2.53. The van der Waals surface area contributed by atoms with Crippen LogP contribution in [0.2, 0.25) is 0 Å². The van der Waals surface area contributed by atoms with Crippen molar-refractivity contribution in [2.45, 2.75) is 19.4 Å². The highest BCUT2D eigenvalue weighted by molar-refractivity contribution is 7.13. The quantitative estimate of drug-likeness (QED) is 0.785. The zero-order chi connectivity index (χ0) is 9.68. The largest absolute Gasteiger partial charge is 0.359 e. The van der Waals surface area contributed by atoms with E-state index in [4.69, 9.17) is 0 Å². The van der Waals surface area contributed by atoms with Crippen molar-refractivity contribution in [3.63, 3.8) is 0 Å². The van der Waals surface area contributed by atoms with Crippen molar-refractivity contribution in [3.8, 4) is 0 Å². The minimum atomic E-state index is 0.494. The second-order valence-corrected chi connectivity index (χ2v) is 4.37. The van der Waals surface area contributed by atoms with Gasteiger partial charge < -0.3 is 10.2 Å². The number of hydrogen-bond donors (Lipinski definition) is 1. The number of thiazole rings is 1. The molecule has 1 rings (SSSR count). The highest BCUT2D eigenvalue weighted by atomic mass is 32.1. The van der Waals surface area contributed by atoms with Gasteiger partial charge in [-0.3, -0.25) is 0 Å². The Labute approximate surface area is 83.8 Å². The second kappa shape index (κ2) is 5.19. The van der Waals surface area contributed by atoms with Gasteiger partial charge >= 0.3 is 0 Å². The Hall–Kier alpha value is -0.610. The van der Waals surface area contributed by atoms with Crippen LogP contribution in [0.1, 0.15) is 13.3 Å². The molecule has 74 valence electrons. The van der Waals surface area contributed by atoms with Gasteiger partial charge in [-0.2, -0.15) is 0 Å². The second-order valence-electron chi connectivity index (χ2n) is 3.47. The Balaban J connectivity index is 2.22. The van der Waals surface area contributed by atoms with Gasteiger partial charge in [-0.1, -0.05) is 0 Å². The first-order valence-corrected chi connectivity index (χ1v) is 5.37. The molecule has 0 aromatic carbocycles. The summed E-state index contributed by atoms with van der Waals surface area (Å²) in [5.74, 6) is 0. The molecule has 1 atom stereocenters. The van der Waals surface area contributed by atoms with Gasteiger partial charge in [-0.15, -0.1) is 11.3 Å². The summed E-state index contributed by atoms with van der Waals surface area (Å²) in [6.07, 6.45) is 2.97. The number of anilines is 1. The number of rotatable bonds is 5. The Kier molecular flexibility index (Phi) is 4.18. The van der Waals surface area contributed by atoms with Crippen molar-refractivity contribution in [3.05, 3.63) is 11.6 Å². The van der Waals surface area contributed by atoms with E-state index in [-0.39, 0.29) is 0 Å². The van der Waals surface area contributed by atoms with Gasteiger partial charge in [0.25, 0.3) is 0 Å². The van der Waals surface area contributed by atoms with Crippen molar-refractivity contribution in [1.29, 1.82) is 0 Å². The minimum absolute atomic E-state index is 0.494. The van der Waals surface area contributed by atoms with Crippen molar-refractivity contribution >= 4 is 16.5 Å². The lowest BCUT2D eigenvalue weighted by atomic mass is 10.2. The Morgan fingerprint density at radius 3 is 2.92 bits per heavy atom. The molecule has 3 nitrogen and oxygen atoms in total. The lowest BCUT2D eigenvalue weighted by Crippen LogP contribution is -2.22. The topological polar surface area (TPSA) is 28.2 Å². The van der Waals surface area contributed by atoms with Crippen molar-refractivity contribution in [2.24, 2.45) is 0 Å². The molecule has 1 N–H and O–H groups in total. The SMILES string of the molecule is CC(CCN(C)C)Nc1nccs1. The first kappa shape index (κ1) is 10.5. The first-order chi connectivity index (χ1) is 6.18. The molecule has 1 aromatic rings. The molecule has 0 amide bonds. The van der Waals surface area contributed by atoms with Crippen LogP contribution in [0, 0.1) is 0 Å². The van der Waals surface area contributed by atoms with Crippen molar-refractivity contribution < 1.29 is 0 Å². The molecular weight excluding hydrogens is 182 g/mol. The summed E-state index contributed by atoms with van der Waals surface area (Å²) in [5.41, 5.74) is 0. The maximum Gasteiger partial charge on any atom is 0.182 e. The predicted molar refractivity (Wildman–Crippen MR) is 58.4 cm³/mol. The van der Waals surface area contributed by atoms with Gasteiger partial charge in [0.1, 0.15) is 0 Å². The van der Waals surface area contributed by atoms with Crippen LogP contribution in [-0.2, 0) is 0 Å². The van der Waals surface area contributed by atoms with Crippen LogP contribution in [0.4, 0.5) is 5.13 Å². The molecule has 0 aliphatic heterocycles. The summed E-state index contributed by atoms with van der Waals surface area (Å²) >= 11 is 1.65. The molecule has 0 spiro atoms. The summed E-state index contributed by atoms with van der Waals surface area (Å²) in [5, 5.41) is 6.36. The van der Waals surface area contributed by atoms with E-state index >= 15 is 0 Å². The van der Waals surface area contributed by atoms with E-state index in [0.717, 1.165) is 18.1 Å². The fraction of sp³-hybridized carbons (Fsp3) is 0.667. The maximum atomic E-state index is 4.18. The van der Waals surface area contributed by atoms with Crippen LogP contribution in [0.25, 0.3) is 0 Å². The number of nitrogens with zero attached hydrogens (tertiary/aromatic N) is 2. The number of nitrogens with one attached hydrogen (secondary N) is 1. The van der Waals surface area contributed by atoms with Gasteiger partial charge in [-0.25, -0.2) is 4.98 Å². The molecule has 0 fully saturated rings.